The molecule has 2 atom stereocenters. The first-order chi connectivity index (χ1) is 10.7. The molecule has 0 saturated heterocycles. The summed E-state index contributed by atoms with van der Waals surface area (Å²) in [6, 6.07) is 12.9. The van der Waals surface area contributed by atoms with Crippen molar-refractivity contribution in [2.75, 3.05) is 0 Å². The Morgan fingerprint density at radius 3 is 2.45 bits per heavy atom. The summed E-state index contributed by atoms with van der Waals surface area (Å²) in [5, 5.41) is 17.9. The first kappa shape index (κ1) is 14.7. The van der Waals surface area contributed by atoms with Crippen LogP contribution >= 0.6 is 11.6 Å². The second-order valence-electron chi connectivity index (χ2n) is 4.85. The van der Waals surface area contributed by atoms with Gasteiger partial charge in [0.05, 0.1) is 12.0 Å². The van der Waals surface area contributed by atoms with Crippen LogP contribution in [0.1, 0.15) is 29.0 Å². The summed E-state index contributed by atoms with van der Waals surface area (Å²) in [6.45, 7) is 0. The Bertz CT molecular complexity index is 746. The average Bonchev–Trinajstić information content (AvgIpc) is 3.04. The maximum Gasteiger partial charge on any atom is 0.160 e. The quantitative estimate of drug-likeness (QED) is 0.774. The van der Waals surface area contributed by atoms with Gasteiger partial charge < -0.3 is 5.11 Å². The Morgan fingerprint density at radius 2 is 1.82 bits per heavy atom. The molecule has 3 aromatic rings. The van der Waals surface area contributed by atoms with Crippen LogP contribution in [0, 0.1) is 5.82 Å². The van der Waals surface area contributed by atoms with Crippen LogP contribution in [0.5, 0.6) is 0 Å². The van der Waals surface area contributed by atoms with Crippen LogP contribution in [-0.4, -0.2) is 20.3 Å². The zero-order valence-electron chi connectivity index (χ0n) is 11.4. The smallest absolute Gasteiger partial charge is 0.160 e. The van der Waals surface area contributed by atoms with E-state index >= 15 is 0 Å². The number of nitrogens with zero attached hydrogens (tertiary/aromatic N) is 2. The van der Waals surface area contributed by atoms with Crippen LogP contribution in [0.3, 0.4) is 0 Å². The van der Waals surface area contributed by atoms with Crippen molar-refractivity contribution >= 4 is 11.6 Å². The van der Waals surface area contributed by atoms with Crippen molar-refractivity contribution in [3.8, 4) is 0 Å². The first-order valence-electron chi connectivity index (χ1n) is 6.70. The molecule has 1 aromatic heterocycles. The van der Waals surface area contributed by atoms with Crippen molar-refractivity contribution in [2.45, 2.75) is 12.0 Å². The lowest BCUT2D eigenvalue weighted by Gasteiger charge is -2.22. The number of halogens is 2. The highest BCUT2D eigenvalue weighted by Crippen LogP contribution is 2.37. The summed E-state index contributed by atoms with van der Waals surface area (Å²) in [6.07, 6.45) is 0.487. The number of H-pyrrole nitrogens is 1. The van der Waals surface area contributed by atoms with Gasteiger partial charge in [0.2, 0.25) is 0 Å². The van der Waals surface area contributed by atoms with Crippen LogP contribution in [0.2, 0.25) is 5.02 Å². The summed E-state index contributed by atoms with van der Waals surface area (Å²) >= 11 is 6.17. The third-order valence-electron chi connectivity index (χ3n) is 3.48. The predicted octanol–water partition coefficient (Wildman–Crippen LogP) is 3.46. The maximum absolute atomic E-state index is 13.2. The number of aliphatic hydroxyl groups is 1. The Labute approximate surface area is 131 Å². The van der Waals surface area contributed by atoms with Crippen LogP contribution in [-0.2, 0) is 0 Å². The normalized spacial score (nSPS) is 13.8. The van der Waals surface area contributed by atoms with E-state index in [0.717, 1.165) is 0 Å². The number of nitrogens with one attached hydrogen (secondary N) is 1. The molecule has 2 unspecified atom stereocenters. The minimum absolute atomic E-state index is 0.343. The summed E-state index contributed by atoms with van der Waals surface area (Å²) < 4.78 is 13.2. The molecule has 0 aliphatic rings. The van der Waals surface area contributed by atoms with Crippen molar-refractivity contribution in [2.24, 2.45) is 0 Å². The minimum Gasteiger partial charge on any atom is -0.387 e. The van der Waals surface area contributed by atoms with Crippen LogP contribution < -0.4 is 0 Å². The molecule has 4 nitrogen and oxygen atoms in total. The van der Waals surface area contributed by atoms with E-state index in [4.69, 9.17) is 11.6 Å². The number of aliphatic hydroxyl groups excluding tert-OH is 1. The van der Waals surface area contributed by atoms with Crippen molar-refractivity contribution in [3.05, 3.63) is 82.6 Å². The Balaban J connectivity index is 2.06. The molecule has 2 N–H and O–H groups in total. The number of rotatable bonds is 4. The monoisotopic (exact) mass is 317 g/mol. The second-order valence-corrected chi connectivity index (χ2v) is 5.26. The van der Waals surface area contributed by atoms with E-state index in [1.165, 1.54) is 18.5 Å². The van der Waals surface area contributed by atoms with E-state index in [0.29, 0.717) is 22.0 Å². The molecule has 0 radical (unpaired) electrons. The lowest BCUT2D eigenvalue weighted by atomic mass is 9.88. The van der Waals surface area contributed by atoms with Gasteiger partial charge >= 0.3 is 0 Å². The van der Waals surface area contributed by atoms with Gasteiger partial charge in [-0.25, -0.2) is 9.37 Å². The number of hydrogen-bond donors (Lipinski definition) is 2. The summed E-state index contributed by atoms with van der Waals surface area (Å²) in [4.78, 5) is 4.13. The van der Waals surface area contributed by atoms with Gasteiger partial charge in [0.25, 0.3) is 0 Å². The number of hydrogen-bond acceptors (Lipinski definition) is 3. The Kier molecular flexibility index (Phi) is 4.18. The van der Waals surface area contributed by atoms with E-state index in [-0.39, 0.29) is 5.82 Å². The third-order valence-corrected chi connectivity index (χ3v) is 3.82. The highest BCUT2D eigenvalue weighted by atomic mass is 35.5. The van der Waals surface area contributed by atoms with Gasteiger partial charge in [0, 0.05) is 10.6 Å². The third kappa shape index (κ3) is 2.86. The van der Waals surface area contributed by atoms with Gasteiger partial charge in [-0.05, 0) is 23.8 Å². The van der Waals surface area contributed by atoms with Gasteiger partial charge in [-0.3, -0.25) is 5.10 Å². The molecule has 0 bridgehead atoms. The van der Waals surface area contributed by atoms with Crippen molar-refractivity contribution in [1.82, 2.24) is 15.2 Å². The molecule has 0 aliphatic heterocycles. The van der Waals surface area contributed by atoms with E-state index in [1.807, 2.05) is 0 Å². The second kappa shape index (κ2) is 6.25. The number of aromatic amines is 1. The zero-order valence-corrected chi connectivity index (χ0v) is 12.2. The highest BCUT2D eigenvalue weighted by molar-refractivity contribution is 6.31. The molecule has 0 saturated carbocycles. The molecule has 3 rings (SSSR count). The molecule has 0 amide bonds. The fourth-order valence-electron chi connectivity index (χ4n) is 2.41. The number of aromatic nitrogens is 3. The molecule has 6 heteroatoms. The van der Waals surface area contributed by atoms with Crippen molar-refractivity contribution in [1.29, 1.82) is 0 Å². The molecule has 1 heterocycles. The molecular weight excluding hydrogens is 305 g/mol. The SMILES string of the molecule is OC(c1ccccc1Cl)C(c1ccc(F)cc1)c1nc[nH]n1. The Morgan fingerprint density at radius 1 is 1.09 bits per heavy atom. The van der Waals surface area contributed by atoms with Crippen molar-refractivity contribution in [3.63, 3.8) is 0 Å². The molecule has 0 fully saturated rings. The van der Waals surface area contributed by atoms with Gasteiger partial charge in [-0.15, -0.1) is 0 Å². The molecule has 22 heavy (non-hydrogen) atoms. The van der Waals surface area contributed by atoms with E-state index in [1.54, 1.807) is 36.4 Å². The highest BCUT2D eigenvalue weighted by Gasteiger charge is 2.29. The molecular formula is C16H13ClFN3O. The first-order valence-corrected chi connectivity index (χ1v) is 7.08. The predicted molar refractivity (Wildman–Crippen MR) is 81.0 cm³/mol. The molecule has 0 aliphatic carbocycles. The maximum atomic E-state index is 13.2. The van der Waals surface area contributed by atoms with Crippen molar-refractivity contribution < 1.29 is 9.50 Å². The zero-order chi connectivity index (χ0) is 15.5. The van der Waals surface area contributed by atoms with E-state index < -0.39 is 12.0 Å². The topological polar surface area (TPSA) is 61.8 Å². The molecule has 0 spiro atoms. The largest absolute Gasteiger partial charge is 0.387 e. The van der Waals surface area contributed by atoms with Gasteiger partial charge in [0.15, 0.2) is 5.82 Å². The minimum atomic E-state index is -0.949. The van der Waals surface area contributed by atoms with Crippen LogP contribution in [0.15, 0.2) is 54.9 Å². The number of benzene rings is 2. The summed E-state index contributed by atoms with van der Waals surface area (Å²) in [7, 11) is 0. The van der Waals surface area contributed by atoms with Crippen LogP contribution in [0.25, 0.3) is 0 Å². The lowest BCUT2D eigenvalue weighted by molar-refractivity contribution is 0.156. The fourth-order valence-corrected chi connectivity index (χ4v) is 2.65. The molecule has 2 aromatic carbocycles. The van der Waals surface area contributed by atoms with Gasteiger partial charge in [-0.2, -0.15) is 5.10 Å². The van der Waals surface area contributed by atoms with Crippen LogP contribution in [0.4, 0.5) is 4.39 Å². The lowest BCUT2D eigenvalue weighted by Crippen LogP contribution is -2.14. The van der Waals surface area contributed by atoms with Gasteiger partial charge in [0.1, 0.15) is 12.1 Å². The van der Waals surface area contributed by atoms with E-state index in [9.17, 15) is 9.50 Å². The standard InChI is InChI=1S/C16H13ClFN3O/c17-13-4-2-1-3-12(13)15(22)14(16-19-9-20-21-16)10-5-7-11(18)8-6-10/h1-9,14-15,22H,(H,19,20,21). The average molecular weight is 318 g/mol. The molecule has 112 valence electrons. The van der Waals surface area contributed by atoms with Gasteiger partial charge in [-0.1, -0.05) is 41.9 Å². The van der Waals surface area contributed by atoms with E-state index in [2.05, 4.69) is 15.2 Å². The summed E-state index contributed by atoms with van der Waals surface area (Å²) in [5.74, 6) is -0.476. The summed E-state index contributed by atoms with van der Waals surface area (Å²) in [5.41, 5.74) is 1.27. The Hall–Kier alpha value is -2.24. The fraction of sp³-hybridized carbons (Fsp3) is 0.125.